The molecule has 1 aromatic heterocycles. The Kier molecular flexibility index (Phi) is 5.57. The van der Waals surface area contributed by atoms with Gasteiger partial charge in [0.1, 0.15) is 5.56 Å². The van der Waals surface area contributed by atoms with Gasteiger partial charge in [0.2, 0.25) is 0 Å². The lowest BCUT2D eigenvalue weighted by Crippen LogP contribution is -2.50. The SMILES string of the molecule is Cc1c(C(=O)N2CCOC(CN(C)CC(=O)O)C2)c(=O)[nH]c2ccccc12. The highest BCUT2D eigenvalue weighted by Gasteiger charge is 2.29. The normalized spacial score (nSPS) is 17.4. The number of aromatic nitrogens is 1. The fourth-order valence-corrected chi connectivity index (χ4v) is 3.48. The third-order valence-electron chi connectivity index (χ3n) is 4.74. The highest BCUT2D eigenvalue weighted by atomic mass is 16.5. The summed E-state index contributed by atoms with van der Waals surface area (Å²) in [6.07, 6.45) is -0.299. The Balaban J connectivity index is 1.80. The fourth-order valence-electron chi connectivity index (χ4n) is 3.48. The van der Waals surface area contributed by atoms with Crippen LogP contribution >= 0.6 is 0 Å². The van der Waals surface area contributed by atoms with Crippen molar-refractivity contribution in [1.82, 2.24) is 14.8 Å². The van der Waals surface area contributed by atoms with E-state index in [1.54, 1.807) is 29.8 Å². The molecule has 1 aliphatic heterocycles. The molecule has 1 aliphatic rings. The summed E-state index contributed by atoms with van der Waals surface area (Å²) in [4.78, 5) is 42.4. The standard InChI is InChI=1S/C19H23N3O5/c1-12-14-5-3-4-6-15(14)20-18(25)17(12)19(26)22-7-8-27-13(10-22)9-21(2)11-16(23)24/h3-6,13H,7-11H2,1-2H3,(H,20,25)(H,23,24). The molecule has 0 radical (unpaired) electrons. The average molecular weight is 373 g/mol. The molecule has 3 rings (SSSR count). The second-order valence-corrected chi connectivity index (χ2v) is 6.83. The number of hydrogen-bond acceptors (Lipinski definition) is 5. The van der Waals surface area contributed by atoms with Crippen LogP contribution in [0.4, 0.5) is 0 Å². The molecule has 2 N–H and O–H groups in total. The van der Waals surface area contributed by atoms with E-state index in [2.05, 4.69) is 4.98 Å². The first-order valence-corrected chi connectivity index (χ1v) is 8.79. The molecule has 1 saturated heterocycles. The topological polar surface area (TPSA) is 103 Å². The molecule has 0 spiro atoms. The number of nitrogens with zero attached hydrogens (tertiary/aromatic N) is 2. The Morgan fingerprint density at radius 3 is 2.85 bits per heavy atom. The highest BCUT2D eigenvalue weighted by molar-refractivity contribution is 5.99. The molecule has 0 aliphatic carbocycles. The molecular weight excluding hydrogens is 350 g/mol. The van der Waals surface area contributed by atoms with Gasteiger partial charge in [0.15, 0.2) is 0 Å². The van der Waals surface area contributed by atoms with Crippen molar-refractivity contribution in [3.05, 3.63) is 45.7 Å². The number of nitrogens with one attached hydrogen (secondary N) is 1. The van der Waals surface area contributed by atoms with Gasteiger partial charge in [-0.2, -0.15) is 0 Å². The summed E-state index contributed by atoms with van der Waals surface area (Å²) in [6, 6.07) is 7.38. The number of carboxylic acids is 1. The van der Waals surface area contributed by atoms with Crippen molar-refractivity contribution in [3.63, 3.8) is 0 Å². The lowest BCUT2D eigenvalue weighted by atomic mass is 10.0. The molecule has 0 saturated carbocycles. The number of rotatable bonds is 5. The number of fused-ring (bicyclic) bond motifs is 1. The van der Waals surface area contributed by atoms with Crippen LogP contribution in [0.25, 0.3) is 10.9 Å². The Morgan fingerprint density at radius 1 is 1.37 bits per heavy atom. The Bertz CT molecular complexity index is 923. The van der Waals surface area contributed by atoms with Crippen molar-refractivity contribution in [3.8, 4) is 0 Å². The zero-order valence-corrected chi connectivity index (χ0v) is 15.4. The molecule has 1 amide bonds. The van der Waals surface area contributed by atoms with Crippen molar-refractivity contribution in [2.75, 3.05) is 39.8 Å². The van der Waals surface area contributed by atoms with Gasteiger partial charge in [0.05, 0.1) is 19.3 Å². The van der Waals surface area contributed by atoms with Crippen LogP contribution in [0.15, 0.2) is 29.1 Å². The van der Waals surface area contributed by atoms with E-state index >= 15 is 0 Å². The number of pyridine rings is 1. The van der Waals surface area contributed by atoms with Crippen LogP contribution in [0.2, 0.25) is 0 Å². The Labute approximate surface area is 156 Å². The van der Waals surface area contributed by atoms with E-state index in [4.69, 9.17) is 9.84 Å². The van der Waals surface area contributed by atoms with E-state index in [9.17, 15) is 14.4 Å². The van der Waals surface area contributed by atoms with E-state index in [0.717, 1.165) is 5.39 Å². The fraction of sp³-hybridized carbons (Fsp3) is 0.421. The van der Waals surface area contributed by atoms with Crippen LogP contribution in [0.5, 0.6) is 0 Å². The molecule has 1 unspecified atom stereocenters. The van der Waals surface area contributed by atoms with Gasteiger partial charge in [-0.3, -0.25) is 19.3 Å². The van der Waals surface area contributed by atoms with Crippen LogP contribution in [-0.4, -0.2) is 77.7 Å². The van der Waals surface area contributed by atoms with Gasteiger partial charge < -0.3 is 19.7 Å². The predicted octanol–water partition coefficient (Wildman–Crippen LogP) is 0.694. The summed E-state index contributed by atoms with van der Waals surface area (Å²) in [5.41, 5.74) is 1.10. The molecule has 2 heterocycles. The lowest BCUT2D eigenvalue weighted by molar-refractivity contribution is -0.138. The highest BCUT2D eigenvalue weighted by Crippen LogP contribution is 2.19. The van der Waals surface area contributed by atoms with Gasteiger partial charge in [-0.05, 0) is 25.6 Å². The van der Waals surface area contributed by atoms with E-state index < -0.39 is 11.5 Å². The summed E-state index contributed by atoms with van der Waals surface area (Å²) in [5, 5.41) is 9.70. The van der Waals surface area contributed by atoms with Crippen LogP contribution in [0.3, 0.4) is 0 Å². The van der Waals surface area contributed by atoms with Gasteiger partial charge >= 0.3 is 5.97 Å². The molecule has 2 aromatic rings. The van der Waals surface area contributed by atoms with Gasteiger partial charge in [0, 0.05) is 30.5 Å². The molecule has 27 heavy (non-hydrogen) atoms. The van der Waals surface area contributed by atoms with E-state index in [-0.39, 0.29) is 24.1 Å². The van der Waals surface area contributed by atoms with Gasteiger partial charge in [-0.25, -0.2) is 0 Å². The predicted molar refractivity (Wildman–Crippen MR) is 100 cm³/mol. The molecule has 1 atom stereocenters. The molecule has 144 valence electrons. The number of benzene rings is 1. The zero-order chi connectivity index (χ0) is 19.6. The minimum atomic E-state index is -0.917. The number of carbonyl (C=O) groups is 2. The summed E-state index contributed by atoms with van der Waals surface area (Å²) < 4.78 is 5.66. The van der Waals surface area contributed by atoms with Crippen LogP contribution in [-0.2, 0) is 9.53 Å². The van der Waals surface area contributed by atoms with Crippen molar-refractivity contribution < 1.29 is 19.4 Å². The first-order chi connectivity index (χ1) is 12.9. The number of aryl methyl sites for hydroxylation is 1. The van der Waals surface area contributed by atoms with Crippen molar-refractivity contribution in [2.24, 2.45) is 0 Å². The number of aromatic amines is 1. The third kappa shape index (κ3) is 4.17. The number of para-hydroxylation sites is 1. The number of carboxylic acid groups (broad SMARTS) is 1. The number of morpholine rings is 1. The molecule has 1 aromatic carbocycles. The van der Waals surface area contributed by atoms with Gasteiger partial charge in [-0.15, -0.1) is 0 Å². The first kappa shape index (κ1) is 19.1. The Hall–Kier alpha value is -2.71. The third-order valence-corrected chi connectivity index (χ3v) is 4.74. The molecule has 1 fully saturated rings. The van der Waals surface area contributed by atoms with E-state index in [0.29, 0.717) is 37.3 Å². The van der Waals surface area contributed by atoms with E-state index in [1.165, 1.54) is 0 Å². The monoisotopic (exact) mass is 373 g/mol. The van der Waals surface area contributed by atoms with E-state index in [1.807, 2.05) is 18.2 Å². The Morgan fingerprint density at radius 2 is 2.11 bits per heavy atom. The summed E-state index contributed by atoms with van der Waals surface area (Å²) in [6.45, 7) is 3.13. The van der Waals surface area contributed by atoms with Crippen LogP contribution in [0, 0.1) is 6.92 Å². The van der Waals surface area contributed by atoms with Crippen LogP contribution in [0.1, 0.15) is 15.9 Å². The minimum Gasteiger partial charge on any atom is -0.480 e. The minimum absolute atomic E-state index is 0.0999. The summed E-state index contributed by atoms with van der Waals surface area (Å²) in [7, 11) is 1.69. The zero-order valence-electron chi connectivity index (χ0n) is 15.4. The van der Waals surface area contributed by atoms with Gasteiger partial charge in [-0.1, -0.05) is 18.2 Å². The maximum absolute atomic E-state index is 13.0. The maximum Gasteiger partial charge on any atom is 0.317 e. The number of amides is 1. The quantitative estimate of drug-likeness (QED) is 0.800. The number of aliphatic carboxylic acids is 1. The van der Waals surface area contributed by atoms with Crippen molar-refractivity contribution in [1.29, 1.82) is 0 Å². The second-order valence-electron chi connectivity index (χ2n) is 6.83. The molecule has 8 heteroatoms. The van der Waals surface area contributed by atoms with Crippen molar-refractivity contribution >= 4 is 22.8 Å². The molecule has 0 bridgehead atoms. The number of carbonyl (C=O) groups excluding carboxylic acids is 1. The number of likely N-dealkylation sites (N-methyl/N-ethyl adjacent to an activating group) is 1. The number of hydrogen-bond donors (Lipinski definition) is 2. The smallest absolute Gasteiger partial charge is 0.317 e. The van der Waals surface area contributed by atoms with Crippen LogP contribution < -0.4 is 5.56 Å². The molecule has 8 nitrogen and oxygen atoms in total. The van der Waals surface area contributed by atoms with Crippen molar-refractivity contribution in [2.45, 2.75) is 13.0 Å². The maximum atomic E-state index is 13.0. The summed E-state index contributed by atoms with van der Waals surface area (Å²) in [5.74, 6) is -1.24. The molecular formula is C19H23N3O5. The largest absolute Gasteiger partial charge is 0.480 e. The first-order valence-electron chi connectivity index (χ1n) is 8.79. The number of H-pyrrole nitrogens is 1. The second kappa shape index (κ2) is 7.89. The average Bonchev–Trinajstić information content (AvgIpc) is 2.61. The number of ether oxygens (including phenoxy) is 1. The van der Waals surface area contributed by atoms with Gasteiger partial charge in [0.25, 0.3) is 11.5 Å². The summed E-state index contributed by atoms with van der Waals surface area (Å²) >= 11 is 0. The lowest BCUT2D eigenvalue weighted by Gasteiger charge is -2.34.